The van der Waals surface area contributed by atoms with Gasteiger partial charge in [-0.25, -0.2) is 4.79 Å². The number of rotatable bonds is 8. The lowest BCUT2D eigenvalue weighted by atomic mass is 9.88. The lowest BCUT2D eigenvalue weighted by molar-refractivity contribution is -0.111. The first-order valence-electron chi connectivity index (χ1n) is 10.1. The summed E-state index contributed by atoms with van der Waals surface area (Å²) in [5.74, 6) is -0.179. The smallest absolute Gasteiger partial charge is 0.409 e. The van der Waals surface area contributed by atoms with Gasteiger partial charge in [0.15, 0.2) is 0 Å². The number of nitriles is 1. The Hall–Kier alpha value is -2.71. The molecule has 2 heterocycles. The molecule has 3 rings (SSSR count). The first-order chi connectivity index (χ1) is 15.4. The van der Waals surface area contributed by atoms with Crippen molar-refractivity contribution in [3.8, 4) is 6.07 Å². The fourth-order valence-corrected chi connectivity index (χ4v) is 5.38. The molecule has 1 aliphatic carbocycles. The van der Waals surface area contributed by atoms with E-state index in [1.807, 2.05) is 17.5 Å². The van der Waals surface area contributed by atoms with Crippen molar-refractivity contribution in [2.45, 2.75) is 25.4 Å². The molecule has 2 aromatic heterocycles. The van der Waals surface area contributed by atoms with Gasteiger partial charge in [-0.15, -0.1) is 22.7 Å². The van der Waals surface area contributed by atoms with Gasteiger partial charge in [-0.2, -0.15) is 5.26 Å². The van der Waals surface area contributed by atoms with Crippen molar-refractivity contribution < 1.29 is 24.5 Å². The van der Waals surface area contributed by atoms with E-state index in [0.29, 0.717) is 23.4 Å². The zero-order chi connectivity index (χ0) is 23.1. The highest BCUT2D eigenvalue weighted by Gasteiger charge is 2.27. The van der Waals surface area contributed by atoms with Gasteiger partial charge in [-0.1, -0.05) is 6.07 Å². The number of anilines is 1. The van der Waals surface area contributed by atoms with Crippen molar-refractivity contribution in [1.29, 1.82) is 5.26 Å². The van der Waals surface area contributed by atoms with Gasteiger partial charge in [0.25, 0.3) is 0 Å². The summed E-state index contributed by atoms with van der Waals surface area (Å²) in [6, 6.07) is 6.05. The average Bonchev–Trinajstić information content (AvgIpc) is 3.42. The normalized spacial score (nSPS) is 16.2. The van der Waals surface area contributed by atoms with E-state index in [1.165, 1.54) is 40.7 Å². The Balaban J connectivity index is 1.58. The summed E-state index contributed by atoms with van der Waals surface area (Å²) in [6.07, 6.45) is 3.73. The third-order valence-corrected chi connectivity index (χ3v) is 7.11. The van der Waals surface area contributed by atoms with Crippen LogP contribution in [0.1, 0.15) is 27.3 Å². The summed E-state index contributed by atoms with van der Waals surface area (Å²) < 4.78 is 5.35. The molecule has 2 unspecified atom stereocenters. The highest BCUT2D eigenvalue weighted by Crippen LogP contribution is 2.39. The molecule has 0 spiro atoms. The molecular weight excluding hydrogens is 450 g/mol. The monoisotopic (exact) mass is 475 g/mol. The third-order valence-electron chi connectivity index (χ3n) is 5.11. The van der Waals surface area contributed by atoms with Gasteiger partial charge in [0, 0.05) is 22.9 Å². The average molecular weight is 476 g/mol. The molecule has 2 aromatic rings. The van der Waals surface area contributed by atoms with Gasteiger partial charge in [0.2, 0.25) is 5.91 Å². The van der Waals surface area contributed by atoms with Gasteiger partial charge in [-0.05, 0) is 48.3 Å². The minimum absolute atomic E-state index is 0.00933. The molecule has 0 aromatic carbocycles. The molecule has 10 heteroatoms. The summed E-state index contributed by atoms with van der Waals surface area (Å²) in [5, 5.41) is 33.3. The van der Waals surface area contributed by atoms with E-state index >= 15 is 0 Å². The van der Waals surface area contributed by atoms with Crippen molar-refractivity contribution in [2.24, 2.45) is 5.92 Å². The number of nitrogens with zero attached hydrogens (tertiary/aromatic N) is 2. The van der Waals surface area contributed by atoms with Gasteiger partial charge in [0.05, 0.1) is 31.4 Å². The fraction of sp³-hybridized carbons (Fsp3) is 0.409. The zero-order valence-corrected chi connectivity index (χ0v) is 19.2. The SMILES string of the molecule is CN(CC(O)CO)C(=O)OCC1CCc2c(sc(NC(=O)/C=C/c3cccs3)c2C#N)C1. The van der Waals surface area contributed by atoms with Crippen LogP contribution in [0.3, 0.4) is 0 Å². The summed E-state index contributed by atoms with van der Waals surface area (Å²) in [7, 11) is 1.50. The van der Waals surface area contributed by atoms with Crippen LogP contribution in [0.15, 0.2) is 23.6 Å². The molecule has 2 amide bonds. The molecule has 1 aliphatic rings. The second kappa shape index (κ2) is 11.2. The predicted octanol–water partition coefficient (Wildman–Crippen LogP) is 2.86. The number of ether oxygens (including phenoxy) is 1. The second-order valence-corrected chi connectivity index (χ2v) is 9.64. The maximum Gasteiger partial charge on any atom is 0.409 e. The zero-order valence-electron chi connectivity index (χ0n) is 17.6. The largest absolute Gasteiger partial charge is 0.449 e. The van der Waals surface area contributed by atoms with E-state index < -0.39 is 18.8 Å². The Kier molecular flexibility index (Phi) is 8.41. The molecule has 0 radical (unpaired) electrons. The highest BCUT2D eigenvalue weighted by atomic mass is 32.1. The topological polar surface area (TPSA) is 123 Å². The Labute approximate surface area is 194 Å². The number of amides is 2. The van der Waals surface area contributed by atoms with Gasteiger partial charge < -0.3 is 25.2 Å². The summed E-state index contributed by atoms with van der Waals surface area (Å²) >= 11 is 2.93. The number of hydrogen-bond acceptors (Lipinski definition) is 8. The minimum atomic E-state index is -1.01. The van der Waals surface area contributed by atoms with Crippen LogP contribution >= 0.6 is 22.7 Å². The van der Waals surface area contributed by atoms with E-state index in [4.69, 9.17) is 9.84 Å². The van der Waals surface area contributed by atoms with Crippen LogP contribution < -0.4 is 5.32 Å². The Morgan fingerprint density at radius 3 is 3.00 bits per heavy atom. The maximum absolute atomic E-state index is 12.3. The number of nitrogens with one attached hydrogen (secondary N) is 1. The number of aliphatic hydroxyl groups excluding tert-OH is 2. The Morgan fingerprint density at radius 2 is 2.31 bits per heavy atom. The van der Waals surface area contributed by atoms with Crippen LogP contribution in [0.2, 0.25) is 0 Å². The quantitative estimate of drug-likeness (QED) is 0.505. The van der Waals surface area contributed by atoms with E-state index in [0.717, 1.165) is 21.7 Å². The van der Waals surface area contributed by atoms with Crippen molar-refractivity contribution in [3.05, 3.63) is 44.5 Å². The number of likely N-dealkylation sites (N-methyl/N-ethyl adjacent to an activating group) is 1. The van der Waals surface area contributed by atoms with Crippen molar-refractivity contribution in [1.82, 2.24) is 4.90 Å². The standard InChI is InChI=1S/C22H25N3O5S2/c1-25(11-15(27)12-26)22(29)30-13-14-4-6-17-18(10-23)21(32-19(17)9-14)24-20(28)7-5-16-3-2-8-31-16/h2-3,5,7-8,14-15,26-27H,4,6,9,11-13H2,1H3,(H,24,28)/b7-5+. The molecule has 0 saturated carbocycles. The van der Waals surface area contributed by atoms with E-state index in [9.17, 15) is 20.0 Å². The van der Waals surface area contributed by atoms with Crippen LogP contribution in [0.25, 0.3) is 6.08 Å². The van der Waals surface area contributed by atoms with Gasteiger partial charge >= 0.3 is 6.09 Å². The fourth-order valence-electron chi connectivity index (χ4n) is 3.45. The lowest BCUT2D eigenvalue weighted by Gasteiger charge is -2.24. The molecule has 0 bridgehead atoms. The number of carbonyl (C=O) groups excluding carboxylic acids is 2. The molecular formula is C22H25N3O5S2. The number of fused-ring (bicyclic) bond motifs is 1. The molecule has 0 aliphatic heterocycles. The van der Waals surface area contributed by atoms with Crippen LogP contribution in [0, 0.1) is 17.2 Å². The Morgan fingerprint density at radius 1 is 1.50 bits per heavy atom. The molecule has 0 saturated heterocycles. The summed E-state index contributed by atoms with van der Waals surface area (Å²) in [6.45, 7) is -0.210. The van der Waals surface area contributed by atoms with Gasteiger partial charge in [0.1, 0.15) is 11.1 Å². The predicted molar refractivity (Wildman–Crippen MR) is 124 cm³/mol. The van der Waals surface area contributed by atoms with E-state index in [2.05, 4.69) is 11.4 Å². The minimum Gasteiger partial charge on any atom is -0.449 e. The lowest BCUT2D eigenvalue weighted by Crippen LogP contribution is -2.37. The van der Waals surface area contributed by atoms with Crippen LogP contribution in [0.5, 0.6) is 0 Å². The first kappa shape index (κ1) is 23.9. The van der Waals surface area contributed by atoms with Crippen molar-refractivity contribution in [3.63, 3.8) is 0 Å². The highest BCUT2D eigenvalue weighted by molar-refractivity contribution is 7.16. The van der Waals surface area contributed by atoms with Crippen molar-refractivity contribution in [2.75, 3.05) is 32.1 Å². The molecule has 170 valence electrons. The number of aliphatic hydroxyl groups is 2. The molecule has 0 fully saturated rings. The number of hydrogen-bond donors (Lipinski definition) is 3. The molecule has 32 heavy (non-hydrogen) atoms. The van der Waals surface area contributed by atoms with Crippen LogP contribution in [0.4, 0.5) is 9.80 Å². The first-order valence-corrected chi connectivity index (χ1v) is 11.8. The second-order valence-electron chi connectivity index (χ2n) is 7.56. The molecule has 8 nitrogen and oxygen atoms in total. The third kappa shape index (κ3) is 6.17. The van der Waals surface area contributed by atoms with Crippen LogP contribution in [-0.2, 0) is 22.4 Å². The van der Waals surface area contributed by atoms with Crippen LogP contribution in [-0.4, -0.2) is 60.0 Å². The van der Waals surface area contributed by atoms with E-state index in [-0.39, 0.29) is 25.0 Å². The van der Waals surface area contributed by atoms with Gasteiger partial charge in [-0.3, -0.25) is 4.79 Å². The molecule has 3 N–H and O–H groups in total. The molecule has 2 atom stereocenters. The van der Waals surface area contributed by atoms with E-state index in [1.54, 1.807) is 6.08 Å². The Bertz CT molecular complexity index is 1010. The summed E-state index contributed by atoms with van der Waals surface area (Å²) in [5.41, 5.74) is 1.47. The number of carbonyl (C=O) groups is 2. The maximum atomic E-state index is 12.3. The number of thiophene rings is 2. The summed E-state index contributed by atoms with van der Waals surface area (Å²) in [4.78, 5) is 27.6. The van der Waals surface area contributed by atoms with Crippen molar-refractivity contribution >= 4 is 45.8 Å².